The number of aliphatic hydroxyl groups excluding tert-OH is 1. The van der Waals surface area contributed by atoms with Crippen LogP contribution in [-0.2, 0) is 10.0 Å². The zero-order valence-corrected chi connectivity index (χ0v) is 16.3. The number of carbonyl (C=O) groups excluding carboxylic acids is 1. The van der Waals surface area contributed by atoms with Crippen molar-refractivity contribution < 1.29 is 18.3 Å². The van der Waals surface area contributed by atoms with Crippen LogP contribution in [0.5, 0.6) is 0 Å². The molecule has 0 saturated carbocycles. The predicted molar refractivity (Wildman–Crippen MR) is 103 cm³/mol. The SMILES string of the molecule is O=C(Nc1cccc(Br)c1)c1cccc(S(=O)(=O)N2CCCC2CO)c1. The molecule has 0 bridgehead atoms. The lowest BCUT2D eigenvalue weighted by Crippen LogP contribution is -2.37. The minimum absolute atomic E-state index is 0.0553. The van der Waals surface area contributed by atoms with Crippen molar-refractivity contribution in [3.8, 4) is 0 Å². The topological polar surface area (TPSA) is 86.7 Å². The summed E-state index contributed by atoms with van der Waals surface area (Å²) in [6, 6.07) is 12.7. The van der Waals surface area contributed by atoms with Crippen LogP contribution in [0.15, 0.2) is 57.9 Å². The van der Waals surface area contributed by atoms with Gasteiger partial charge in [-0.1, -0.05) is 28.1 Å². The summed E-state index contributed by atoms with van der Waals surface area (Å²) in [6.07, 6.45) is 1.35. The van der Waals surface area contributed by atoms with Crippen LogP contribution >= 0.6 is 15.9 Å². The van der Waals surface area contributed by atoms with Crippen LogP contribution in [0.25, 0.3) is 0 Å². The lowest BCUT2D eigenvalue weighted by Gasteiger charge is -2.22. The van der Waals surface area contributed by atoms with Crippen molar-refractivity contribution in [2.45, 2.75) is 23.8 Å². The van der Waals surface area contributed by atoms with Crippen molar-refractivity contribution in [1.82, 2.24) is 4.31 Å². The van der Waals surface area contributed by atoms with E-state index in [1.54, 1.807) is 30.3 Å². The van der Waals surface area contributed by atoms with Crippen molar-refractivity contribution in [2.24, 2.45) is 0 Å². The third kappa shape index (κ3) is 3.98. The van der Waals surface area contributed by atoms with Crippen LogP contribution in [0.1, 0.15) is 23.2 Å². The van der Waals surface area contributed by atoms with E-state index in [2.05, 4.69) is 21.2 Å². The number of aliphatic hydroxyl groups is 1. The van der Waals surface area contributed by atoms with Gasteiger partial charge in [-0.25, -0.2) is 8.42 Å². The number of sulfonamides is 1. The molecule has 1 heterocycles. The monoisotopic (exact) mass is 438 g/mol. The molecule has 1 aliphatic rings. The van der Waals surface area contributed by atoms with Gasteiger partial charge < -0.3 is 10.4 Å². The van der Waals surface area contributed by atoms with Crippen molar-refractivity contribution in [1.29, 1.82) is 0 Å². The van der Waals surface area contributed by atoms with E-state index in [0.29, 0.717) is 25.1 Å². The standard InChI is InChI=1S/C18H19BrN2O4S/c19-14-5-2-6-15(11-14)20-18(23)13-4-1-8-17(10-13)26(24,25)21-9-3-7-16(21)12-22/h1-2,4-6,8,10-11,16,22H,3,7,9,12H2,(H,20,23). The van der Waals surface area contributed by atoms with Gasteiger partial charge in [-0.2, -0.15) is 4.31 Å². The van der Waals surface area contributed by atoms with Crippen molar-refractivity contribution in [3.05, 3.63) is 58.6 Å². The molecule has 2 aromatic carbocycles. The maximum Gasteiger partial charge on any atom is 0.255 e. The molecule has 0 aliphatic carbocycles. The molecular weight excluding hydrogens is 420 g/mol. The van der Waals surface area contributed by atoms with Crippen molar-refractivity contribution in [2.75, 3.05) is 18.5 Å². The average molecular weight is 439 g/mol. The Morgan fingerprint density at radius 2 is 2.00 bits per heavy atom. The fraction of sp³-hybridized carbons (Fsp3) is 0.278. The second kappa shape index (κ2) is 7.87. The third-order valence-corrected chi connectivity index (χ3v) is 6.76. The number of rotatable bonds is 5. The Labute approximate surface area is 161 Å². The predicted octanol–water partition coefficient (Wildman–Crippen LogP) is 2.85. The highest BCUT2D eigenvalue weighted by atomic mass is 79.9. The zero-order chi connectivity index (χ0) is 18.7. The summed E-state index contributed by atoms with van der Waals surface area (Å²) < 4.78 is 27.9. The molecule has 0 spiro atoms. The number of nitrogens with one attached hydrogen (secondary N) is 1. The summed E-state index contributed by atoms with van der Waals surface area (Å²) in [5.41, 5.74) is 0.864. The molecule has 1 atom stereocenters. The van der Waals surface area contributed by atoms with Crippen LogP contribution in [0.2, 0.25) is 0 Å². The van der Waals surface area contributed by atoms with E-state index in [1.165, 1.54) is 16.4 Å². The quantitative estimate of drug-likeness (QED) is 0.750. The molecule has 138 valence electrons. The van der Waals surface area contributed by atoms with Gasteiger partial charge in [0.15, 0.2) is 0 Å². The number of hydrogen-bond acceptors (Lipinski definition) is 4. The smallest absolute Gasteiger partial charge is 0.255 e. The van der Waals surface area contributed by atoms with E-state index in [-0.39, 0.29) is 23.0 Å². The number of nitrogens with zero attached hydrogens (tertiary/aromatic N) is 1. The van der Waals surface area contributed by atoms with Gasteiger partial charge in [-0.3, -0.25) is 4.79 Å². The molecule has 6 nitrogen and oxygen atoms in total. The van der Waals surface area contributed by atoms with Gasteiger partial charge in [-0.05, 0) is 49.2 Å². The Hall–Kier alpha value is -1.74. The highest BCUT2D eigenvalue weighted by molar-refractivity contribution is 9.10. The lowest BCUT2D eigenvalue weighted by molar-refractivity contribution is 0.102. The van der Waals surface area contributed by atoms with E-state index >= 15 is 0 Å². The molecule has 2 aromatic rings. The van der Waals surface area contributed by atoms with Crippen LogP contribution < -0.4 is 5.32 Å². The van der Waals surface area contributed by atoms with Gasteiger partial charge in [0.05, 0.1) is 11.5 Å². The number of hydrogen-bond donors (Lipinski definition) is 2. The van der Waals surface area contributed by atoms with Gasteiger partial charge >= 0.3 is 0 Å². The van der Waals surface area contributed by atoms with Gasteiger partial charge in [-0.15, -0.1) is 0 Å². The first-order valence-corrected chi connectivity index (χ1v) is 10.4. The first-order chi connectivity index (χ1) is 12.4. The van der Waals surface area contributed by atoms with Crippen molar-refractivity contribution >= 4 is 37.5 Å². The van der Waals surface area contributed by atoms with Gasteiger partial charge in [0.2, 0.25) is 10.0 Å². The van der Waals surface area contributed by atoms with E-state index in [1.807, 2.05) is 6.07 Å². The lowest BCUT2D eigenvalue weighted by atomic mass is 10.2. The third-order valence-electron chi connectivity index (χ3n) is 4.32. The maximum absolute atomic E-state index is 12.9. The number of benzene rings is 2. The van der Waals surface area contributed by atoms with E-state index in [0.717, 1.165) is 4.47 Å². The van der Waals surface area contributed by atoms with Crippen LogP contribution in [0.3, 0.4) is 0 Å². The summed E-state index contributed by atoms with van der Waals surface area (Å²) in [5, 5.41) is 12.2. The van der Waals surface area contributed by atoms with Crippen LogP contribution in [-0.4, -0.2) is 42.9 Å². The molecule has 8 heteroatoms. The normalized spacial score (nSPS) is 18.0. The molecule has 26 heavy (non-hydrogen) atoms. The first-order valence-electron chi connectivity index (χ1n) is 8.21. The van der Waals surface area contributed by atoms with E-state index in [4.69, 9.17) is 0 Å². The Balaban J connectivity index is 1.84. The van der Waals surface area contributed by atoms with Gasteiger partial charge in [0.1, 0.15) is 0 Å². The van der Waals surface area contributed by atoms with Crippen LogP contribution in [0, 0.1) is 0 Å². The molecule has 1 unspecified atom stereocenters. The molecule has 1 amide bonds. The molecular formula is C18H19BrN2O4S. The number of amides is 1. The number of carbonyl (C=O) groups is 1. The summed E-state index contributed by atoms with van der Waals surface area (Å²) >= 11 is 3.34. The molecule has 1 saturated heterocycles. The first kappa shape index (κ1) is 19.0. The van der Waals surface area contributed by atoms with E-state index in [9.17, 15) is 18.3 Å². The highest BCUT2D eigenvalue weighted by Crippen LogP contribution is 2.26. The summed E-state index contributed by atoms with van der Waals surface area (Å²) in [4.78, 5) is 12.5. The molecule has 0 aromatic heterocycles. The minimum Gasteiger partial charge on any atom is -0.395 e. The zero-order valence-electron chi connectivity index (χ0n) is 13.9. The highest BCUT2D eigenvalue weighted by Gasteiger charge is 2.35. The van der Waals surface area contributed by atoms with Crippen LogP contribution in [0.4, 0.5) is 5.69 Å². The molecule has 1 fully saturated rings. The number of anilines is 1. The Bertz CT molecular complexity index is 917. The largest absolute Gasteiger partial charge is 0.395 e. The average Bonchev–Trinajstić information content (AvgIpc) is 3.11. The Morgan fingerprint density at radius 1 is 1.23 bits per heavy atom. The van der Waals surface area contributed by atoms with Gasteiger partial charge in [0, 0.05) is 28.3 Å². The summed E-state index contributed by atoms with van der Waals surface area (Å²) in [5.74, 6) is -0.389. The second-order valence-corrected chi connectivity index (χ2v) is 8.89. The molecule has 3 rings (SSSR count). The Morgan fingerprint density at radius 3 is 2.73 bits per heavy atom. The fourth-order valence-electron chi connectivity index (χ4n) is 3.01. The summed E-state index contributed by atoms with van der Waals surface area (Å²) in [7, 11) is -3.75. The summed E-state index contributed by atoms with van der Waals surface area (Å²) in [6.45, 7) is 0.171. The van der Waals surface area contributed by atoms with Gasteiger partial charge in [0.25, 0.3) is 5.91 Å². The Kier molecular flexibility index (Phi) is 5.76. The molecule has 1 aliphatic heterocycles. The fourth-order valence-corrected chi connectivity index (χ4v) is 5.14. The maximum atomic E-state index is 12.9. The second-order valence-electron chi connectivity index (χ2n) is 6.09. The van der Waals surface area contributed by atoms with E-state index < -0.39 is 16.1 Å². The molecule has 2 N–H and O–H groups in total. The molecule has 0 radical (unpaired) electrons. The minimum atomic E-state index is -3.75. The number of halogens is 1. The van der Waals surface area contributed by atoms with Crippen molar-refractivity contribution in [3.63, 3.8) is 0 Å².